The highest BCUT2D eigenvalue weighted by atomic mass is 16.3. The smallest absolute Gasteiger partial charge is 0.270 e. The molecule has 0 bridgehead atoms. The van der Waals surface area contributed by atoms with Gasteiger partial charge in [-0.15, -0.1) is 0 Å². The zero-order valence-corrected chi connectivity index (χ0v) is 10.0. The lowest BCUT2D eigenvalue weighted by atomic mass is 10.2. The summed E-state index contributed by atoms with van der Waals surface area (Å²) in [6.45, 7) is 0.119. The average Bonchev–Trinajstić information content (AvgIpc) is 2.38. The van der Waals surface area contributed by atoms with Gasteiger partial charge in [-0.3, -0.25) is 9.59 Å². The van der Waals surface area contributed by atoms with Gasteiger partial charge in [0.15, 0.2) is 5.43 Å². The quantitative estimate of drug-likeness (QED) is 0.832. The van der Waals surface area contributed by atoms with Crippen LogP contribution in [-0.2, 0) is 0 Å². The van der Waals surface area contributed by atoms with Crippen molar-refractivity contribution in [2.45, 2.75) is 0 Å². The summed E-state index contributed by atoms with van der Waals surface area (Å²) in [4.78, 5) is 28.1. The molecule has 1 amide bonds. The van der Waals surface area contributed by atoms with Gasteiger partial charge < -0.3 is 15.0 Å². The molecule has 1 aromatic carbocycles. The number of amides is 1. The summed E-state index contributed by atoms with van der Waals surface area (Å²) in [7, 11) is 1.58. The molecule has 18 heavy (non-hydrogen) atoms. The number of fused-ring (bicyclic) bond motifs is 1. The molecule has 5 nitrogen and oxygen atoms in total. The number of aliphatic hydroxyl groups is 1. The minimum absolute atomic E-state index is 0.111. The number of carbonyl (C=O) groups is 1. The Kier molecular flexibility index (Phi) is 3.43. The highest BCUT2D eigenvalue weighted by Crippen LogP contribution is 2.08. The number of hydrogen-bond acceptors (Lipinski definition) is 3. The summed E-state index contributed by atoms with van der Waals surface area (Å²) in [6, 6.07) is 8.32. The van der Waals surface area contributed by atoms with Crippen molar-refractivity contribution in [3.05, 3.63) is 46.2 Å². The fraction of sp³-hybridized carbons (Fsp3) is 0.231. The fourth-order valence-electron chi connectivity index (χ4n) is 1.77. The number of pyridine rings is 1. The van der Waals surface area contributed by atoms with E-state index in [-0.39, 0.29) is 30.2 Å². The Morgan fingerprint density at radius 3 is 2.83 bits per heavy atom. The Hall–Kier alpha value is -2.14. The number of likely N-dealkylation sites (N-methyl/N-ethyl adjacent to an activating group) is 1. The third-order valence-corrected chi connectivity index (χ3v) is 2.75. The van der Waals surface area contributed by atoms with Crippen molar-refractivity contribution < 1.29 is 9.90 Å². The van der Waals surface area contributed by atoms with Crippen LogP contribution in [0.2, 0.25) is 0 Å². The van der Waals surface area contributed by atoms with Crippen molar-refractivity contribution in [2.24, 2.45) is 0 Å². The van der Waals surface area contributed by atoms with E-state index in [1.54, 1.807) is 31.3 Å². The number of carbonyl (C=O) groups excluding carboxylic acids is 1. The highest BCUT2D eigenvalue weighted by molar-refractivity contribution is 5.94. The number of H-pyrrole nitrogens is 1. The minimum Gasteiger partial charge on any atom is -0.395 e. The molecule has 2 rings (SSSR count). The first-order valence-corrected chi connectivity index (χ1v) is 5.62. The standard InChI is InChI=1S/C13H14N2O3/c1-15(6-7-16)13(18)11-8-12(17)9-4-2-3-5-10(9)14-11/h2-5,8,16H,6-7H2,1H3,(H,14,17). The molecule has 0 radical (unpaired) electrons. The number of hydrogen-bond donors (Lipinski definition) is 2. The van der Waals surface area contributed by atoms with Gasteiger partial charge in [0, 0.05) is 30.6 Å². The zero-order chi connectivity index (χ0) is 13.1. The predicted molar refractivity (Wildman–Crippen MR) is 68.6 cm³/mol. The number of aliphatic hydroxyl groups excluding tert-OH is 1. The number of rotatable bonds is 3. The first kappa shape index (κ1) is 12.3. The van der Waals surface area contributed by atoms with Crippen LogP contribution in [0.4, 0.5) is 0 Å². The van der Waals surface area contributed by atoms with Crippen LogP contribution in [0.5, 0.6) is 0 Å². The van der Waals surface area contributed by atoms with E-state index < -0.39 is 0 Å². The molecule has 0 saturated heterocycles. The highest BCUT2D eigenvalue weighted by Gasteiger charge is 2.13. The lowest BCUT2D eigenvalue weighted by Gasteiger charge is -2.15. The van der Waals surface area contributed by atoms with Crippen LogP contribution in [0.15, 0.2) is 35.1 Å². The fourth-order valence-corrected chi connectivity index (χ4v) is 1.77. The van der Waals surface area contributed by atoms with E-state index in [1.165, 1.54) is 11.0 Å². The average molecular weight is 246 g/mol. The molecular weight excluding hydrogens is 232 g/mol. The molecule has 0 atom stereocenters. The van der Waals surface area contributed by atoms with Crippen LogP contribution in [-0.4, -0.2) is 41.1 Å². The molecule has 0 spiro atoms. The summed E-state index contributed by atoms with van der Waals surface area (Å²) in [5, 5.41) is 9.35. The van der Waals surface area contributed by atoms with E-state index in [4.69, 9.17) is 5.11 Å². The maximum Gasteiger partial charge on any atom is 0.270 e. The molecular formula is C13H14N2O3. The first-order chi connectivity index (χ1) is 8.63. The lowest BCUT2D eigenvalue weighted by molar-refractivity contribution is 0.0761. The molecule has 5 heteroatoms. The molecule has 1 heterocycles. The van der Waals surface area contributed by atoms with Gasteiger partial charge in [-0.05, 0) is 12.1 Å². The van der Waals surface area contributed by atoms with E-state index in [1.807, 2.05) is 0 Å². The predicted octanol–water partition coefficient (Wildman–Crippen LogP) is 0.592. The molecule has 94 valence electrons. The second-order valence-electron chi connectivity index (χ2n) is 4.04. The molecule has 0 fully saturated rings. The third-order valence-electron chi connectivity index (χ3n) is 2.75. The van der Waals surface area contributed by atoms with Gasteiger partial charge >= 0.3 is 0 Å². The molecule has 0 aliphatic rings. The van der Waals surface area contributed by atoms with Crippen LogP contribution in [0, 0.1) is 0 Å². The normalized spacial score (nSPS) is 10.6. The number of aromatic amines is 1. The first-order valence-electron chi connectivity index (χ1n) is 5.62. The third kappa shape index (κ3) is 2.26. The maximum absolute atomic E-state index is 12.0. The van der Waals surface area contributed by atoms with E-state index in [9.17, 15) is 9.59 Å². The van der Waals surface area contributed by atoms with E-state index in [0.717, 1.165) is 0 Å². The molecule has 2 aromatic rings. The number of para-hydroxylation sites is 1. The van der Waals surface area contributed by atoms with E-state index >= 15 is 0 Å². The molecule has 0 aliphatic carbocycles. The van der Waals surface area contributed by atoms with E-state index in [0.29, 0.717) is 10.9 Å². The van der Waals surface area contributed by atoms with Crippen molar-refractivity contribution in [3.8, 4) is 0 Å². The lowest BCUT2D eigenvalue weighted by Crippen LogP contribution is -2.30. The van der Waals surface area contributed by atoms with Crippen molar-refractivity contribution in [2.75, 3.05) is 20.2 Å². The van der Waals surface area contributed by atoms with Crippen molar-refractivity contribution >= 4 is 16.8 Å². The van der Waals surface area contributed by atoms with Gasteiger partial charge in [0.1, 0.15) is 5.69 Å². The van der Waals surface area contributed by atoms with Gasteiger partial charge in [-0.25, -0.2) is 0 Å². The largest absolute Gasteiger partial charge is 0.395 e. The van der Waals surface area contributed by atoms with Crippen LogP contribution < -0.4 is 5.43 Å². The Bertz CT molecular complexity index is 633. The van der Waals surface area contributed by atoms with Gasteiger partial charge in [-0.2, -0.15) is 0 Å². The Balaban J connectivity index is 2.47. The second kappa shape index (κ2) is 5.01. The summed E-state index contributed by atoms with van der Waals surface area (Å²) in [6.07, 6.45) is 0. The zero-order valence-electron chi connectivity index (χ0n) is 10.0. The number of aromatic nitrogens is 1. The summed E-state index contributed by atoms with van der Waals surface area (Å²) >= 11 is 0. The van der Waals surface area contributed by atoms with Crippen molar-refractivity contribution in [1.82, 2.24) is 9.88 Å². The van der Waals surface area contributed by atoms with Crippen LogP contribution in [0.25, 0.3) is 10.9 Å². The Morgan fingerprint density at radius 2 is 2.11 bits per heavy atom. The monoisotopic (exact) mass is 246 g/mol. The van der Waals surface area contributed by atoms with Crippen LogP contribution in [0.1, 0.15) is 10.5 Å². The Morgan fingerprint density at radius 1 is 1.39 bits per heavy atom. The minimum atomic E-state index is -0.313. The molecule has 2 N–H and O–H groups in total. The molecule has 0 unspecified atom stereocenters. The maximum atomic E-state index is 12.0. The van der Waals surface area contributed by atoms with E-state index in [2.05, 4.69) is 4.98 Å². The summed E-state index contributed by atoms with van der Waals surface area (Å²) < 4.78 is 0. The SMILES string of the molecule is CN(CCO)C(=O)c1cc(=O)c2ccccc2[nH]1. The Labute approximate surface area is 104 Å². The number of nitrogens with zero attached hydrogens (tertiary/aromatic N) is 1. The van der Waals surface area contributed by atoms with Gasteiger partial charge in [0.25, 0.3) is 5.91 Å². The number of nitrogens with one attached hydrogen (secondary N) is 1. The van der Waals surface area contributed by atoms with Crippen molar-refractivity contribution in [3.63, 3.8) is 0 Å². The van der Waals surface area contributed by atoms with Gasteiger partial charge in [0.2, 0.25) is 0 Å². The topological polar surface area (TPSA) is 73.4 Å². The van der Waals surface area contributed by atoms with Crippen molar-refractivity contribution in [1.29, 1.82) is 0 Å². The van der Waals surface area contributed by atoms with Crippen LogP contribution >= 0.6 is 0 Å². The molecule has 1 aromatic heterocycles. The number of benzene rings is 1. The summed E-state index contributed by atoms with van der Waals surface area (Å²) in [5.74, 6) is -0.313. The second-order valence-corrected chi connectivity index (χ2v) is 4.04. The molecule has 0 aliphatic heterocycles. The molecule has 0 saturated carbocycles. The van der Waals surface area contributed by atoms with Crippen LogP contribution in [0.3, 0.4) is 0 Å². The van der Waals surface area contributed by atoms with Gasteiger partial charge in [0.05, 0.1) is 6.61 Å². The summed E-state index contributed by atoms with van der Waals surface area (Å²) in [5.41, 5.74) is 0.672. The van der Waals surface area contributed by atoms with Gasteiger partial charge in [-0.1, -0.05) is 12.1 Å².